The van der Waals surface area contributed by atoms with Crippen molar-refractivity contribution < 1.29 is 19.4 Å². The highest BCUT2D eigenvalue weighted by molar-refractivity contribution is 6.05. The minimum Gasteiger partial charge on any atom is -0.461 e. The van der Waals surface area contributed by atoms with Gasteiger partial charge in [0, 0.05) is 23.2 Å². The predicted molar refractivity (Wildman–Crippen MR) is 107 cm³/mol. The lowest BCUT2D eigenvalue weighted by atomic mass is 9.47. The van der Waals surface area contributed by atoms with Gasteiger partial charge in [0.25, 0.3) is 0 Å². The molecule has 4 aliphatic rings. The molecule has 154 valence electrons. The summed E-state index contributed by atoms with van der Waals surface area (Å²) in [7, 11) is 0. The van der Waals surface area contributed by atoms with Crippen molar-refractivity contribution in [3.63, 3.8) is 0 Å². The lowest BCUT2D eigenvalue weighted by molar-refractivity contribution is -0.170. The van der Waals surface area contributed by atoms with Crippen LogP contribution in [0.1, 0.15) is 66.7 Å². The van der Waals surface area contributed by atoms with Crippen LogP contribution in [-0.2, 0) is 14.3 Å². The zero-order valence-electron chi connectivity index (χ0n) is 17.8. The Hall–Kier alpha value is -1.42. The van der Waals surface area contributed by atoms with Gasteiger partial charge in [0.15, 0.2) is 5.78 Å². The molecule has 3 saturated carbocycles. The molecule has 0 amide bonds. The minimum atomic E-state index is -0.453. The molecule has 1 N–H and O–H groups in total. The fourth-order valence-corrected chi connectivity index (χ4v) is 7.41. The third-order valence-corrected chi connectivity index (χ3v) is 8.57. The van der Waals surface area contributed by atoms with E-state index in [1.54, 1.807) is 0 Å². The van der Waals surface area contributed by atoms with Crippen LogP contribution in [0.2, 0.25) is 0 Å². The number of ketones is 1. The highest BCUT2D eigenvalue weighted by atomic mass is 16.5. The SMILES string of the molecule is CCC(=O)O[C@@H]1[C@H](C)C[C@H]2[C@@H]3CCC4=CC(=O)C(C)=C[C@]4(C)[C@H]3[C@@H](O)C[C@]12C. The molecule has 4 rings (SSSR count). The first-order valence-corrected chi connectivity index (χ1v) is 10.9. The first kappa shape index (κ1) is 19.9. The van der Waals surface area contributed by atoms with Crippen molar-refractivity contribution in [2.45, 2.75) is 78.9 Å². The van der Waals surface area contributed by atoms with E-state index >= 15 is 0 Å². The molecular weight excluding hydrogens is 352 g/mol. The second-order valence-electron chi connectivity index (χ2n) is 10.2. The van der Waals surface area contributed by atoms with E-state index in [0.29, 0.717) is 30.6 Å². The van der Waals surface area contributed by atoms with E-state index in [9.17, 15) is 14.7 Å². The molecule has 0 aromatic heterocycles. The topological polar surface area (TPSA) is 63.6 Å². The minimum absolute atomic E-state index is 0.113. The molecule has 0 aromatic carbocycles. The molecule has 4 heteroatoms. The molecule has 28 heavy (non-hydrogen) atoms. The van der Waals surface area contributed by atoms with Gasteiger partial charge in [-0.1, -0.05) is 39.3 Å². The first-order chi connectivity index (χ1) is 13.1. The third kappa shape index (κ3) is 2.67. The van der Waals surface area contributed by atoms with Crippen molar-refractivity contribution in [1.29, 1.82) is 0 Å². The van der Waals surface area contributed by atoms with E-state index in [-0.39, 0.29) is 34.6 Å². The van der Waals surface area contributed by atoms with Crippen LogP contribution >= 0.6 is 0 Å². The molecule has 0 unspecified atom stereocenters. The van der Waals surface area contributed by atoms with Crippen LogP contribution in [0.25, 0.3) is 0 Å². The van der Waals surface area contributed by atoms with Gasteiger partial charge >= 0.3 is 5.97 Å². The van der Waals surface area contributed by atoms with Crippen LogP contribution < -0.4 is 0 Å². The highest BCUT2D eigenvalue weighted by Gasteiger charge is 2.64. The quantitative estimate of drug-likeness (QED) is 0.722. The van der Waals surface area contributed by atoms with E-state index in [2.05, 4.69) is 26.8 Å². The predicted octanol–water partition coefficient (Wildman–Crippen LogP) is 4.22. The number of aliphatic hydroxyl groups is 1. The van der Waals surface area contributed by atoms with Gasteiger partial charge in [-0.2, -0.15) is 0 Å². The lowest BCUT2D eigenvalue weighted by Crippen LogP contribution is -2.57. The number of fused-ring (bicyclic) bond motifs is 5. The molecule has 4 aliphatic carbocycles. The lowest BCUT2D eigenvalue weighted by Gasteiger charge is -2.58. The van der Waals surface area contributed by atoms with E-state index in [1.807, 2.05) is 19.9 Å². The summed E-state index contributed by atoms with van der Waals surface area (Å²) in [5.41, 5.74) is 1.56. The number of carbonyl (C=O) groups excluding carboxylic acids is 2. The van der Waals surface area contributed by atoms with Crippen molar-refractivity contribution in [3.05, 3.63) is 23.3 Å². The molecule has 0 radical (unpaired) electrons. The summed E-state index contributed by atoms with van der Waals surface area (Å²) < 4.78 is 5.92. The van der Waals surface area contributed by atoms with Crippen LogP contribution in [-0.4, -0.2) is 29.1 Å². The van der Waals surface area contributed by atoms with Crippen LogP contribution in [0.4, 0.5) is 0 Å². The Morgan fingerprint density at radius 2 is 2.07 bits per heavy atom. The van der Waals surface area contributed by atoms with Gasteiger partial charge in [0.1, 0.15) is 6.10 Å². The monoisotopic (exact) mass is 386 g/mol. The van der Waals surface area contributed by atoms with Gasteiger partial charge in [0.05, 0.1) is 6.10 Å². The maximum absolute atomic E-state index is 12.2. The molecule has 0 aliphatic heterocycles. The summed E-state index contributed by atoms with van der Waals surface area (Å²) in [6.45, 7) is 10.4. The van der Waals surface area contributed by atoms with Crippen molar-refractivity contribution in [3.8, 4) is 0 Å². The van der Waals surface area contributed by atoms with Crippen LogP contribution in [0.5, 0.6) is 0 Å². The number of esters is 1. The summed E-state index contributed by atoms with van der Waals surface area (Å²) in [5, 5.41) is 11.4. The Balaban J connectivity index is 1.71. The normalized spacial score (nSPS) is 47.4. The summed E-state index contributed by atoms with van der Waals surface area (Å²) >= 11 is 0. The van der Waals surface area contributed by atoms with Crippen molar-refractivity contribution in [1.82, 2.24) is 0 Å². The summed E-state index contributed by atoms with van der Waals surface area (Å²) in [5.74, 6) is 1.24. The second kappa shape index (κ2) is 6.55. The molecule has 0 bridgehead atoms. The smallest absolute Gasteiger partial charge is 0.305 e. The summed E-state index contributed by atoms with van der Waals surface area (Å²) in [6, 6.07) is 0. The number of carbonyl (C=O) groups is 2. The average Bonchev–Trinajstić information content (AvgIpc) is 2.86. The number of rotatable bonds is 2. The molecule has 3 fully saturated rings. The van der Waals surface area contributed by atoms with Crippen LogP contribution in [0.15, 0.2) is 23.3 Å². The molecular formula is C24H34O4. The Bertz CT molecular complexity index is 765. The van der Waals surface area contributed by atoms with E-state index in [4.69, 9.17) is 4.74 Å². The van der Waals surface area contributed by atoms with Gasteiger partial charge in [-0.25, -0.2) is 0 Å². The average molecular weight is 387 g/mol. The molecule has 0 saturated heterocycles. The summed E-state index contributed by atoms with van der Waals surface area (Å²) in [4.78, 5) is 24.3. The van der Waals surface area contributed by atoms with E-state index < -0.39 is 6.10 Å². The number of ether oxygens (including phenoxy) is 1. The Morgan fingerprint density at radius 1 is 1.36 bits per heavy atom. The first-order valence-electron chi connectivity index (χ1n) is 10.9. The Morgan fingerprint density at radius 3 is 2.75 bits per heavy atom. The largest absolute Gasteiger partial charge is 0.461 e. The molecule has 0 aromatic rings. The van der Waals surface area contributed by atoms with Crippen LogP contribution in [0, 0.1) is 34.5 Å². The fourth-order valence-electron chi connectivity index (χ4n) is 7.41. The van der Waals surface area contributed by atoms with Gasteiger partial charge in [-0.15, -0.1) is 0 Å². The van der Waals surface area contributed by atoms with Gasteiger partial charge in [0.2, 0.25) is 0 Å². The zero-order valence-corrected chi connectivity index (χ0v) is 17.8. The van der Waals surface area contributed by atoms with Gasteiger partial charge in [-0.3, -0.25) is 9.59 Å². The van der Waals surface area contributed by atoms with E-state index in [1.165, 1.54) is 5.57 Å². The van der Waals surface area contributed by atoms with Crippen molar-refractivity contribution in [2.75, 3.05) is 0 Å². The molecule has 8 atom stereocenters. The van der Waals surface area contributed by atoms with Gasteiger partial charge in [-0.05, 0) is 62.0 Å². The molecule has 4 nitrogen and oxygen atoms in total. The zero-order chi connectivity index (χ0) is 20.4. The number of allylic oxidation sites excluding steroid dienone is 4. The third-order valence-electron chi connectivity index (χ3n) is 8.57. The second-order valence-corrected chi connectivity index (χ2v) is 10.2. The van der Waals surface area contributed by atoms with E-state index in [0.717, 1.165) is 24.8 Å². The fraction of sp³-hybridized carbons (Fsp3) is 0.750. The maximum atomic E-state index is 12.2. The van der Waals surface area contributed by atoms with Crippen LogP contribution in [0.3, 0.4) is 0 Å². The number of hydrogen-bond donors (Lipinski definition) is 1. The molecule has 0 heterocycles. The Labute approximate surface area is 168 Å². The maximum Gasteiger partial charge on any atom is 0.305 e. The Kier molecular flexibility index (Phi) is 4.65. The van der Waals surface area contributed by atoms with Crippen molar-refractivity contribution >= 4 is 11.8 Å². The highest BCUT2D eigenvalue weighted by Crippen LogP contribution is 2.66. The number of aliphatic hydroxyl groups excluding tert-OH is 1. The summed E-state index contributed by atoms with van der Waals surface area (Å²) in [6.07, 6.45) is 7.40. The van der Waals surface area contributed by atoms with Gasteiger partial charge < -0.3 is 9.84 Å². The van der Waals surface area contributed by atoms with Crippen molar-refractivity contribution in [2.24, 2.45) is 34.5 Å². The number of hydrogen-bond acceptors (Lipinski definition) is 4. The molecule has 0 spiro atoms. The standard InChI is InChI=1S/C24H34O4/c1-6-20(27)28-22-13(2)9-17-16-8-7-15-10-18(25)14(3)11-23(15,4)21(16)19(26)12-24(17,22)5/h10-11,13,16-17,19,21-22,26H,6-9,12H2,1-5H3/t13-,16+,17+,19+,21-,22-,23+,24+/m1/s1.